The average Bonchev–Trinajstić information content (AvgIpc) is 2.26. The smallest absolute Gasteiger partial charge is 0.337 e. The van der Waals surface area contributed by atoms with E-state index in [2.05, 4.69) is 0 Å². The summed E-state index contributed by atoms with van der Waals surface area (Å²) in [6, 6.07) is 3.49. The molecule has 0 aliphatic rings. The van der Waals surface area contributed by atoms with Crippen molar-refractivity contribution in [2.45, 2.75) is 12.3 Å². The first kappa shape index (κ1) is 12.4. The number of carbonyl (C=O) groups is 1. The maximum absolute atomic E-state index is 12.4. The van der Waals surface area contributed by atoms with Crippen LogP contribution in [0.5, 0.6) is 0 Å². The molecule has 16 heavy (non-hydrogen) atoms. The summed E-state index contributed by atoms with van der Waals surface area (Å²) in [5, 5.41) is 17.5. The Morgan fingerprint density at radius 1 is 1.56 bits per heavy atom. The first-order valence-corrected chi connectivity index (χ1v) is 4.69. The molecule has 1 aromatic carbocycles. The molecule has 0 heterocycles. The zero-order valence-corrected chi connectivity index (χ0v) is 8.63. The molecule has 0 bridgehead atoms. The van der Waals surface area contributed by atoms with Gasteiger partial charge in [0.25, 0.3) is 6.43 Å². The maximum Gasteiger partial charge on any atom is 0.337 e. The van der Waals surface area contributed by atoms with Gasteiger partial charge in [-0.3, -0.25) is 0 Å². The molecule has 0 saturated carbocycles. The lowest BCUT2D eigenvalue weighted by Crippen LogP contribution is -2.05. The van der Waals surface area contributed by atoms with E-state index < -0.39 is 23.5 Å². The Kier molecular flexibility index (Phi) is 3.80. The molecule has 0 amide bonds. The fourth-order valence-corrected chi connectivity index (χ4v) is 1.47. The molecule has 0 aromatic heterocycles. The zero-order chi connectivity index (χ0) is 12.3. The second-order valence-electron chi connectivity index (χ2n) is 2.95. The summed E-state index contributed by atoms with van der Waals surface area (Å²) in [4.78, 5) is 10.8. The number of halogens is 3. The highest BCUT2D eigenvalue weighted by atomic mass is 35.5. The van der Waals surface area contributed by atoms with E-state index in [1.807, 2.05) is 0 Å². The highest BCUT2D eigenvalue weighted by Gasteiger charge is 2.19. The average molecular weight is 246 g/mol. The van der Waals surface area contributed by atoms with Crippen molar-refractivity contribution in [2.24, 2.45) is 0 Å². The fourth-order valence-electron chi connectivity index (χ4n) is 1.26. The monoisotopic (exact) mass is 245 g/mol. The summed E-state index contributed by atoms with van der Waals surface area (Å²) < 4.78 is 24.9. The summed E-state index contributed by atoms with van der Waals surface area (Å²) >= 11 is 5.48. The summed E-state index contributed by atoms with van der Waals surface area (Å²) in [5.74, 6) is -1.62. The van der Waals surface area contributed by atoms with Crippen molar-refractivity contribution in [1.29, 1.82) is 5.26 Å². The van der Waals surface area contributed by atoms with Crippen LogP contribution in [0.3, 0.4) is 0 Å². The molecule has 1 aromatic rings. The lowest BCUT2D eigenvalue weighted by molar-refractivity contribution is 0.0696. The molecule has 0 radical (unpaired) electrons. The van der Waals surface area contributed by atoms with Crippen LogP contribution in [-0.2, 0) is 5.88 Å². The van der Waals surface area contributed by atoms with Crippen molar-refractivity contribution < 1.29 is 18.7 Å². The van der Waals surface area contributed by atoms with Gasteiger partial charge in [0.2, 0.25) is 0 Å². The van der Waals surface area contributed by atoms with Crippen molar-refractivity contribution in [2.75, 3.05) is 0 Å². The largest absolute Gasteiger partial charge is 0.478 e. The molecule has 1 rings (SSSR count). The zero-order valence-electron chi connectivity index (χ0n) is 7.88. The van der Waals surface area contributed by atoms with Crippen molar-refractivity contribution >= 4 is 17.6 Å². The van der Waals surface area contributed by atoms with Crippen LogP contribution in [-0.4, -0.2) is 11.1 Å². The lowest BCUT2D eigenvalue weighted by Gasteiger charge is -2.07. The molecule has 84 valence electrons. The third kappa shape index (κ3) is 2.28. The number of carboxylic acid groups (broad SMARTS) is 1. The molecule has 0 aliphatic carbocycles. The van der Waals surface area contributed by atoms with Gasteiger partial charge in [0.1, 0.15) is 6.07 Å². The quantitative estimate of drug-likeness (QED) is 0.833. The number of hydrogen-bond donors (Lipinski definition) is 1. The molecule has 0 spiro atoms. The van der Waals surface area contributed by atoms with Crippen molar-refractivity contribution in [1.82, 2.24) is 0 Å². The van der Waals surface area contributed by atoms with Crippen molar-refractivity contribution in [3.8, 4) is 6.07 Å². The highest BCUT2D eigenvalue weighted by molar-refractivity contribution is 6.17. The van der Waals surface area contributed by atoms with E-state index in [1.54, 1.807) is 6.07 Å². The molecule has 0 saturated heterocycles. The van der Waals surface area contributed by atoms with Crippen LogP contribution in [0.4, 0.5) is 8.78 Å². The molecular weight excluding hydrogens is 240 g/mol. The second kappa shape index (κ2) is 4.90. The minimum atomic E-state index is -2.80. The van der Waals surface area contributed by atoms with Crippen LogP contribution in [0.15, 0.2) is 12.1 Å². The molecule has 0 fully saturated rings. The van der Waals surface area contributed by atoms with E-state index >= 15 is 0 Å². The number of nitrogens with zero attached hydrogens (tertiary/aromatic N) is 1. The van der Waals surface area contributed by atoms with E-state index in [1.165, 1.54) is 0 Å². The van der Waals surface area contributed by atoms with Gasteiger partial charge in [0.15, 0.2) is 0 Å². The Balaban J connectivity index is 3.51. The van der Waals surface area contributed by atoms with Gasteiger partial charge in [0, 0.05) is 11.4 Å². The number of rotatable bonds is 3. The topological polar surface area (TPSA) is 61.1 Å². The van der Waals surface area contributed by atoms with Gasteiger partial charge in [-0.15, -0.1) is 11.6 Å². The molecule has 0 aliphatic heterocycles. The van der Waals surface area contributed by atoms with Crippen molar-refractivity contribution in [3.63, 3.8) is 0 Å². The van der Waals surface area contributed by atoms with Crippen LogP contribution in [0.2, 0.25) is 0 Å². The normalized spacial score (nSPS) is 10.2. The second-order valence-corrected chi connectivity index (χ2v) is 3.22. The number of carboxylic acids is 1. The van der Waals surface area contributed by atoms with Gasteiger partial charge in [-0.2, -0.15) is 5.26 Å². The first-order valence-electron chi connectivity index (χ1n) is 4.15. The number of aromatic carboxylic acids is 1. The van der Waals surface area contributed by atoms with E-state index in [0.717, 1.165) is 12.1 Å². The fraction of sp³-hybridized carbons (Fsp3) is 0.200. The number of alkyl halides is 3. The Hall–Kier alpha value is -1.67. The summed E-state index contributed by atoms with van der Waals surface area (Å²) in [6.45, 7) is 0. The Labute approximate surface area is 94.9 Å². The van der Waals surface area contributed by atoms with E-state index in [-0.39, 0.29) is 17.0 Å². The Morgan fingerprint density at radius 2 is 2.19 bits per heavy atom. The van der Waals surface area contributed by atoms with E-state index in [4.69, 9.17) is 22.0 Å². The minimum Gasteiger partial charge on any atom is -0.478 e. The van der Waals surface area contributed by atoms with Crippen LogP contribution in [0.25, 0.3) is 0 Å². The third-order valence-electron chi connectivity index (χ3n) is 1.98. The van der Waals surface area contributed by atoms with E-state index in [0.29, 0.717) is 0 Å². The summed E-state index contributed by atoms with van der Waals surface area (Å²) in [6.07, 6.45) is -2.80. The highest BCUT2D eigenvalue weighted by Crippen LogP contribution is 2.26. The van der Waals surface area contributed by atoms with Crippen LogP contribution < -0.4 is 0 Å². The first-order chi connectivity index (χ1) is 7.51. The molecule has 0 atom stereocenters. The van der Waals surface area contributed by atoms with Gasteiger partial charge in [-0.05, 0) is 17.7 Å². The van der Waals surface area contributed by atoms with Gasteiger partial charge in [0.05, 0.1) is 11.1 Å². The molecule has 6 heteroatoms. The van der Waals surface area contributed by atoms with E-state index in [9.17, 15) is 13.6 Å². The summed E-state index contributed by atoms with van der Waals surface area (Å²) in [7, 11) is 0. The Bertz CT molecular complexity index is 469. The summed E-state index contributed by atoms with van der Waals surface area (Å²) in [5.41, 5.74) is -0.978. The number of benzene rings is 1. The van der Waals surface area contributed by atoms with Gasteiger partial charge < -0.3 is 5.11 Å². The molecular formula is C10H6ClF2NO2. The van der Waals surface area contributed by atoms with Gasteiger partial charge in [-0.1, -0.05) is 0 Å². The predicted octanol–water partition coefficient (Wildman–Crippen LogP) is 2.93. The SMILES string of the molecule is N#Cc1c(CCl)cc(C(F)F)cc1C(=O)O. The molecule has 1 N–H and O–H groups in total. The molecule has 0 unspecified atom stereocenters. The minimum absolute atomic E-state index is 0.0966. The maximum atomic E-state index is 12.4. The number of hydrogen-bond acceptors (Lipinski definition) is 2. The van der Waals surface area contributed by atoms with Crippen molar-refractivity contribution in [3.05, 3.63) is 34.4 Å². The molecule has 3 nitrogen and oxygen atoms in total. The standard InChI is InChI=1S/C10H6ClF2NO2/c11-3-6-1-5(9(12)13)2-7(10(15)16)8(6)4-14/h1-2,9H,3H2,(H,15,16). The van der Waals surface area contributed by atoms with Crippen LogP contribution in [0, 0.1) is 11.3 Å². The number of nitriles is 1. The van der Waals surface area contributed by atoms with Crippen LogP contribution in [0.1, 0.15) is 33.5 Å². The van der Waals surface area contributed by atoms with Gasteiger partial charge >= 0.3 is 5.97 Å². The van der Waals surface area contributed by atoms with Crippen LogP contribution >= 0.6 is 11.6 Å². The van der Waals surface area contributed by atoms with Gasteiger partial charge in [-0.25, -0.2) is 13.6 Å². The predicted molar refractivity (Wildman–Crippen MR) is 52.6 cm³/mol. The lowest BCUT2D eigenvalue weighted by atomic mass is 9.99. The Morgan fingerprint density at radius 3 is 2.56 bits per heavy atom. The third-order valence-corrected chi connectivity index (χ3v) is 2.27.